The van der Waals surface area contributed by atoms with Gasteiger partial charge in [-0.2, -0.15) is 0 Å². The molecule has 0 N–H and O–H groups in total. The Balaban J connectivity index is -0.0000000427. The van der Waals surface area contributed by atoms with Gasteiger partial charge in [-0.1, -0.05) is 0 Å². The van der Waals surface area contributed by atoms with Crippen LogP contribution in [-0.4, -0.2) is 0 Å². The van der Waals surface area contributed by atoms with Gasteiger partial charge < -0.3 is 0 Å². The van der Waals surface area contributed by atoms with Gasteiger partial charge in [0, 0.05) is 0 Å². The second kappa shape index (κ2) is 14.1. The Hall–Kier alpha value is 0.662. The molecule has 0 spiro atoms. The fraction of sp³-hybridized carbons (Fsp3) is 0. The molecule has 0 aliphatic rings. The molecule has 0 amide bonds. The van der Waals surface area contributed by atoms with E-state index in [9.17, 15) is 0 Å². The van der Waals surface area contributed by atoms with E-state index in [1.807, 2.05) is 0 Å². The van der Waals surface area contributed by atoms with Crippen molar-refractivity contribution in [3.05, 3.63) is 13.2 Å². The van der Waals surface area contributed by atoms with E-state index >= 15 is 0 Å². The van der Waals surface area contributed by atoms with Gasteiger partial charge in [0.1, 0.15) is 0 Å². The summed E-state index contributed by atoms with van der Waals surface area (Å²) < 4.78 is 102. The van der Waals surface area contributed by atoms with Crippen LogP contribution in [0.3, 0.4) is 0 Å². The van der Waals surface area contributed by atoms with Crippen molar-refractivity contribution < 1.29 is 104 Å². The van der Waals surface area contributed by atoms with Gasteiger partial charge in [-0.05, 0) is 0 Å². The average Bonchev–Trinajstić information content (AvgIpc) is 1.77. The van der Waals surface area contributed by atoms with Crippen molar-refractivity contribution in [1.29, 1.82) is 0 Å². The summed E-state index contributed by atoms with van der Waals surface area (Å²) in [6.07, 6.45) is 0. The SMILES string of the molecule is C=C.[Cr+3].[O-][Cl+3]([O-])([O-])[O-].[O-][Cl+3]([O-])([O-])[O-].[O-][Cl+3]([O-])([O-])[O-]. The third kappa shape index (κ3) is 9310. The van der Waals surface area contributed by atoms with E-state index in [-0.39, 0.29) is 17.4 Å². The Bertz CT molecular complexity index is 112. The van der Waals surface area contributed by atoms with Crippen LogP contribution in [0.4, 0.5) is 0 Å². The minimum Gasteiger partial charge on any atom is -0.222 e. The molecule has 0 rings (SSSR count). The second-order valence-corrected chi connectivity index (χ2v) is 3.40. The first-order chi connectivity index (χ1) is 7.00. The Morgan fingerprint density at radius 1 is 0.389 bits per heavy atom. The molecule has 0 aromatic carbocycles. The third-order valence-corrected chi connectivity index (χ3v) is 0. The van der Waals surface area contributed by atoms with E-state index < -0.39 is 30.7 Å². The van der Waals surface area contributed by atoms with Gasteiger partial charge in [0.15, 0.2) is 0 Å². The van der Waals surface area contributed by atoms with Crippen molar-refractivity contribution in [2.24, 2.45) is 0 Å². The van der Waals surface area contributed by atoms with E-state index in [2.05, 4.69) is 13.2 Å². The van der Waals surface area contributed by atoms with E-state index in [0.29, 0.717) is 0 Å². The van der Waals surface area contributed by atoms with Gasteiger partial charge >= 0.3 is 17.4 Å². The second-order valence-electron chi connectivity index (χ2n) is 1.13. The van der Waals surface area contributed by atoms with Crippen LogP contribution in [0.25, 0.3) is 0 Å². The number of hydrogen-bond acceptors (Lipinski definition) is 12. The van der Waals surface area contributed by atoms with E-state index in [1.54, 1.807) is 0 Å². The van der Waals surface area contributed by atoms with E-state index in [1.165, 1.54) is 0 Å². The topological polar surface area (TPSA) is 277 Å². The predicted octanol–water partition coefficient (Wildman–Crippen LogP) is -13.5. The van der Waals surface area contributed by atoms with Gasteiger partial charge in [-0.3, -0.25) is 0 Å². The molecule has 0 bridgehead atoms. The molecule has 0 heterocycles. The molecule has 111 valence electrons. The van der Waals surface area contributed by atoms with E-state index in [4.69, 9.17) is 55.9 Å². The van der Waals surface area contributed by atoms with Crippen molar-refractivity contribution in [3.8, 4) is 0 Å². The number of rotatable bonds is 0. The van der Waals surface area contributed by atoms with Crippen molar-refractivity contribution in [2.45, 2.75) is 0 Å². The summed E-state index contributed by atoms with van der Waals surface area (Å²) in [6, 6.07) is 0. The van der Waals surface area contributed by atoms with Crippen LogP contribution in [-0.2, 0) is 17.4 Å². The molecule has 12 nitrogen and oxygen atoms in total. The summed E-state index contributed by atoms with van der Waals surface area (Å²) in [5.41, 5.74) is 0. The molecule has 0 saturated heterocycles. The van der Waals surface area contributed by atoms with Crippen LogP contribution in [0.5, 0.6) is 0 Å². The summed E-state index contributed by atoms with van der Waals surface area (Å²) >= 11 is 0. The molecule has 0 aromatic rings. The number of halogens is 3. The fourth-order valence-electron chi connectivity index (χ4n) is 0. The molecular weight excluding hydrogens is 374 g/mol. The number of hydrogen-bond donors (Lipinski definition) is 0. The smallest absolute Gasteiger partial charge is 0.222 e. The zero-order chi connectivity index (χ0) is 15.5. The first-order valence-electron chi connectivity index (χ1n) is 2.35. The molecule has 1 radical (unpaired) electrons. The third-order valence-electron chi connectivity index (χ3n) is 0. The van der Waals surface area contributed by atoms with Crippen molar-refractivity contribution in [2.75, 3.05) is 0 Å². The van der Waals surface area contributed by atoms with Crippen LogP contribution in [0.1, 0.15) is 0 Å². The standard InChI is InChI=1S/C2H4.3ClHO4.Cr/c1-2;3*2-1(3,4)5;/h1-2H2;3*(H,2,3,4,5);/q;;;;+3/p-3. The zero-order valence-corrected chi connectivity index (χ0v) is 11.4. The van der Waals surface area contributed by atoms with Gasteiger partial charge in [0.05, 0.1) is 0 Å². The van der Waals surface area contributed by atoms with Crippen molar-refractivity contribution in [3.63, 3.8) is 0 Å². The van der Waals surface area contributed by atoms with Crippen LogP contribution in [0.2, 0.25) is 0 Å². The Kier molecular flexibility index (Phi) is 24.4. The van der Waals surface area contributed by atoms with Gasteiger partial charge in [0.25, 0.3) is 0 Å². The molecule has 16 heteroatoms. The first-order valence-corrected chi connectivity index (χ1v) is 6.05. The van der Waals surface area contributed by atoms with E-state index in [0.717, 1.165) is 0 Å². The average molecular weight is 378 g/mol. The first kappa shape index (κ1) is 31.2. The largest absolute Gasteiger partial charge is 3.00 e. The molecule has 0 unspecified atom stereocenters. The minimum atomic E-state index is -4.94. The van der Waals surface area contributed by atoms with Crippen LogP contribution in [0, 0.1) is 30.7 Å². The molecule has 18 heavy (non-hydrogen) atoms. The molecule has 0 aliphatic heterocycles. The van der Waals surface area contributed by atoms with Crippen molar-refractivity contribution in [1.82, 2.24) is 0 Å². The van der Waals surface area contributed by atoms with Gasteiger partial charge in [-0.25, -0.2) is 55.9 Å². The molecule has 0 fully saturated rings. The Morgan fingerprint density at radius 3 is 0.389 bits per heavy atom. The zero-order valence-electron chi connectivity index (χ0n) is 7.86. The summed E-state index contributed by atoms with van der Waals surface area (Å²) in [7, 11) is -14.8. The van der Waals surface area contributed by atoms with Gasteiger partial charge in [-0.15, -0.1) is 43.9 Å². The maximum Gasteiger partial charge on any atom is 3.00 e. The predicted molar refractivity (Wildman–Crippen MR) is 11.3 cm³/mol. The molecule has 0 atom stereocenters. The maximum atomic E-state index is 8.49. The molecule has 0 aliphatic carbocycles. The Labute approximate surface area is 117 Å². The summed E-state index contributed by atoms with van der Waals surface area (Å²) in [5.74, 6) is 0. The molecular formula is C2H4Cl3CrO12. The fourth-order valence-corrected chi connectivity index (χ4v) is 0. The maximum absolute atomic E-state index is 8.49. The van der Waals surface area contributed by atoms with Crippen LogP contribution in [0.15, 0.2) is 13.2 Å². The van der Waals surface area contributed by atoms with Crippen LogP contribution >= 0.6 is 0 Å². The monoisotopic (exact) mass is 377 g/mol. The Morgan fingerprint density at radius 2 is 0.389 bits per heavy atom. The minimum absolute atomic E-state index is 0. The summed E-state index contributed by atoms with van der Waals surface area (Å²) in [4.78, 5) is 0. The quantitative estimate of drug-likeness (QED) is 0.355. The van der Waals surface area contributed by atoms with Crippen molar-refractivity contribution >= 4 is 0 Å². The van der Waals surface area contributed by atoms with Crippen LogP contribution < -0.4 is 55.9 Å². The summed E-state index contributed by atoms with van der Waals surface area (Å²) in [5, 5.41) is 0. The normalized spacial score (nSPS) is 10.2. The van der Waals surface area contributed by atoms with Gasteiger partial charge in [0.2, 0.25) is 0 Å². The molecule has 0 saturated carbocycles. The molecule has 0 aromatic heterocycles. The summed E-state index contributed by atoms with van der Waals surface area (Å²) in [6.45, 7) is 6.00.